The third-order valence-electron chi connectivity index (χ3n) is 2.57. The highest BCUT2D eigenvalue weighted by atomic mass is 14.8. The molecule has 0 aliphatic carbocycles. The topological polar surface area (TPSA) is 41.8 Å². The highest BCUT2D eigenvalue weighted by Gasteiger charge is 2.20. The first-order valence-corrected chi connectivity index (χ1v) is 4.87. The molecule has 74 valence electrons. The fourth-order valence-corrected chi connectivity index (χ4v) is 1.25. The van der Waals surface area contributed by atoms with Gasteiger partial charge in [-0.2, -0.15) is 0 Å². The normalized spacial score (nSPS) is 12.5. The standard InChI is InChI=1S/C11H20N2/c1-8(2)9-5-6-10(13-9)11(3,4)7-12/h5-6,8,13H,7,12H2,1-4H3. The van der Waals surface area contributed by atoms with Gasteiger partial charge in [0.2, 0.25) is 0 Å². The lowest BCUT2D eigenvalue weighted by atomic mass is 9.90. The van der Waals surface area contributed by atoms with Crippen LogP contribution >= 0.6 is 0 Å². The molecule has 0 radical (unpaired) electrons. The molecule has 0 aliphatic heterocycles. The number of nitrogens with one attached hydrogen (secondary N) is 1. The largest absolute Gasteiger partial charge is 0.362 e. The molecule has 1 rings (SSSR count). The van der Waals surface area contributed by atoms with E-state index in [9.17, 15) is 0 Å². The van der Waals surface area contributed by atoms with Crippen molar-refractivity contribution >= 4 is 0 Å². The molecule has 0 aliphatic rings. The van der Waals surface area contributed by atoms with Crippen molar-refractivity contribution < 1.29 is 0 Å². The molecule has 0 unspecified atom stereocenters. The Morgan fingerprint density at radius 2 is 2.00 bits per heavy atom. The number of rotatable bonds is 3. The maximum atomic E-state index is 5.70. The Morgan fingerprint density at radius 1 is 1.38 bits per heavy atom. The van der Waals surface area contributed by atoms with E-state index < -0.39 is 0 Å². The average molecular weight is 180 g/mol. The van der Waals surface area contributed by atoms with E-state index >= 15 is 0 Å². The van der Waals surface area contributed by atoms with Crippen molar-refractivity contribution in [1.29, 1.82) is 0 Å². The minimum atomic E-state index is 0.0626. The SMILES string of the molecule is CC(C)c1ccc(C(C)(C)CN)[nH]1. The maximum absolute atomic E-state index is 5.70. The molecule has 0 amide bonds. The van der Waals surface area contributed by atoms with Gasteiger partial charge in [-0.3, -0.25) is 0 Å². The Labute approximate surface area is 80.5 Å². The summed E-state index contributed by atoms with van der Waals surface area (Å²) < 4.78 is 0. The van der Waals surface area contributed by atoms with Gasteiger partial charge < -0.3 is 10.7 Å². The van der Waals surface area contributed by atoms with Crippen molar-refractivity contribution in [1.82, 2.24) is 4.98 Å². The molecule has 1 aromatic rings. The van der Waals surface area contributed by atoms with Crippen LogP contribution in [0.5, 0.6) is 0 Å². The molecule has 0 saturated carbocycles. The minimum absolute atomic E-state index is 0.0626. The van der Waals surface area contributed by atoms with Crippen LogP contribution in [0, 0.1) is 0 Å². The Balaban J connectivity index is 2.91. The monoisotopic (exact) mass is 180 g/mol. The van der Waals surface area contributed by atoms with Crippen LogP contribution in [0.1, 0.15) is 45.0 Å². The van der Waals surface area contributed by atoms with Gasteiger partial charge in [-0.1, -0.05) is 27.7 Å². The Bertz CT molecular complexity index is 271. The van der Waals surface area contributed by atoms with E-state index in [1.807, 2.05) is 0 Å². The van der Waals surface area contributed by atoms with Gasteiger partial charge in [-0.25, -0.2) is 0 Å². The Kier molecular flexibility index (Phi) is 2.81. The van der Waals surface area contributed by atoms with Gasteiger partial charge in [-0.05, 0) is 18.1 Å². The van der Waals surface area contributed by atoms with Crippen LogP contribution in [0.25, 0.3) is 0 Å². The summed E-state index contributed by atoms with van der Waals surface area (Å²) in [5, 5.41) is 0. The van der Waals surface area contributed by atoms with Crippen LogP contribution in [0.2, 0.25) is 0 Å². The number of nitrogens with two attached hydrogens (primary N) is 1. The van der Waals surface area contributed by atoms with E-state index in [-0.39, 0.29) is 5.41 Å². The van der Waals surface area contributed by atoms with Gasteiger partial charge in [0.25, 0.3) is 0 Å². The summed E-state index contributed by atoms with van der Waals surface area (Å²) >= 11 is 0. The molecule has 3 N–H and O–H groups in total. The molecule has 0 bridgehead atoms. The highest BCUT2D eigenvalue weighted by Crippen LogP contribution is 2.23. The molecule has 13 heavy (non-hydrogen) atoms. The summed E-state index contributed by atoms with van der Waals surface area (Å²) in [4.78, 5) is 3.42. The molecular formula is C11H20N2. The molecule has 0 saturated heterocycles. The predicted molar refractivity (Wildman–Crippen MR) is 57.0 cm³/mol. The van der Waals surface area contributed by atoms with Gasteiger partial charge >= 0.3 is 0 Å². The lowest BCUT2D eigenvalue weighted by Crippen LogP contribution is -2.28. The average Bonchev–Trinajstić information content (AvgIpc) is 2.52. The minimum Gasteiger partial charge on any atom is -0.362 e. The van der Waals surface area contributed by atoms with Crippen LogP contribution in [-0.2, 0) is 5.41 Å². The molecule has 0 fully saturated rings. The molecular weight excluding hydrogens is 160 g/mol. The first-order chi connectivity index (χ1) is 5.97. The number of hydrogen-bond donors (Lipinski definition) is 2. The molecule has 2 heteroatoms. The van der Waals surface area contributed by atoms with E-state index in [1.54, 1.807) is 0 Å². The van der Waals surface area contributed by atoms with Gasteiger partial charge in [0.05, 0.1) is 0 Å². The van der Waals surface area contributed by atoms with E-state index in [0.717, 1.165) is 0 Å². The second-order valence-corrected chi connectivity index (χ2v) is 4.57. The van der Waals surface area contributed by atoms with Gasteiger partial charge in [-0.15, -0.1) is 0 Å². The zero-order valence-electron chi connectivity index (χ0n) is 9.02. The number of hydrogen-bond acceptors (Lipinski definition) is 1. The number of aromatic amines is 1. The predicted octanol–water partition coefficient (Wildman–Crippen LogP) is 2.37. The summed E-state index contributed by atoms with van der Waals surface area (Å²) in [5.74, 6) is 0.558. The van der Waals surface area contributed by atoms with E-state index in [1.165, 1.54) is 11.4 Å². The first kappa shape index (κ1) is 10.3. The summed E-state index contributed by atoms with van der Waals surface area (Å²) in [6, 6.07) is 4.29. The van der Waals surface area contributed by atoms with Crippen molar-refractivity contribution in [2.75, 3.05) is 6.54 Å². The smallest absolute Gasteiger partial charge is 0.0219 e. The first-order valence-electron chi connectivity index (χ1n) is 4.87. The zero-order valence-corrected chi connectivity index (χ0v) is 9.02. The second kappa shape index (κ2) is 3.54. The second-order valence-electron chi connectivity index (χ2n) is 4.57. The van der Waals surface area contributed by atoms with Crippen LogP contribution in [-0.4, -0.2) is 11.5 Å². The summed E-state index contributed by atoms with van der Waals surface area (Å²) in [5.41, 5.74) is 8.29. The number of aromatic nitrogens is 1. The van der Waals surface area contributed by atoms with Crippen LogP contribution < -0.4 is 5.73 Å². The van der Waals surface area contributed by atoms with Gasteiger partial charge in [0.15, 0.2) is 0 Å². The highest BCUT2D eigenvalue weighted by molar-refractivity contribution is 5.22. The lowest BCUT2D eigenvalue weighted by molar-refractivity contribution is 0.522. The van der Waals surface area contributed by atoms with Gasteiger partial charge in [0, 0.05) is 23.3 Å². The maximum Gasteiger partial charge on any atom is 0.0219 e. The van der Waals surface area contributed by atoms with Crippen molar-refractivity contribution in [3.05, 3.63) is 23.5 Å². The summed E-state index contributed by atoms with van der Waals surface area (Å²) in [7, 11) is 0. The van der Waals surface area contributed by atoms with Gasteiger partial charge in [0.1, 0.15) is 0 Å². The lowest BCUT2D eigenvalue weighted by Gasteiger charge is -2.20. The van der Waals surface area contributed by atoms with Crippen molar-refractivity contribution in [2.24, 2.45) is 5.73 Å². The van der Waals surface area contributed by atoms with Crippen molar-refractivity contribution in [2.45, 2.75) is 39.0 Å². The molecule has 1 heterocycles. The molecule has 2 nitrogen and oxygen atoms in total. The van der Waals surface area contributed by atoms with Crippen LogP contribution in [0.3, 0.4) is 0 Å². The number of H-pyrrole nitrogens is 1. The molecule has 1 aromatic heterocycles. The Hall–Kier alpha value is -0.760. The van der Waals surface area contributed by atoms with E-state index in [2.05, 4.69) is 44.8 Å². The summed E-state index contributed by atoms with van der Waals surface area (Å²) in [6.07, 6.45) is 0. The van der Waals surface area contributed by atoms with Crippen molar-refractivity contribution in [3.63, 3.8) is 0 Å². The molecule has 0 aromatic carbocycles. The molecule has 0 atom stereocenters. The van der Waals surface area contributed by atoms with Crippen LogP contribution in [0.4, 0.5) is 0 Å². The van der Waals surface area contributed by atoms with E-state index in [0.29, 0.717) is 12.5 Å². The zero-order chi connectivity index (χ0) is 10.1. The van der Waals surface area contributed by atoms with Crippen LogP contribution in [0.15, 0.2) is 12.1 Å². The third kappa shape index (κ3) is 2.13. The fraction of sp³-hybridized carbons (Fsp3) is 0.636. The van der Waals surface area contributed by atoms with Crippen molar-refractivity contribution in [3.8, 4) is 0 Å². The Morgan fingerprint density at radius 3 is 2.38 bits per heavy atom. The molecule has 0 spiro atoms. The third-order valence-corrected chi connectivity index (χ3v) is 2.57. The summed E-state index contributed by atoms with van der Waals surface area (Å²) in [6.45, 7) is 9.35. The quantitative estimate of drug-likeness (QED) is 0.736. The van der Waals surface area contributed by atoms with E-state index in [4.69, 9.17) is 5.73 Å². The fourth-order valence-electron chi connectivity index (χ4n) is 1.25.